The van der Waals surface area contributed by atoms with E-state index in [4.69, 9.17) is 0 Å². The van der Waals surface area contributed by atoms with E-state index >= 15 is 0 Å². The van der Waals surface area contributed by atoms with E-state index in [9.17, 15) is 13.2 Å². The SMILES string of the molecule is CCC(C)C(=O)N=C1SC2CS(=O)(=O)CC2N1CC. The van der Waals surface area contributed by atoms with E-state index in [2.05, 4.69) is 4.99 Å². The fourth-order valence-electron chi connectivity index (χ4n) is 2.38. The topological polar surface area (TPSA) is 66.8 Å². The number of hydrogen-bond donors (Lipinski definition) is 0. The van der Waals surface area contributed by atoms with Crippen molar-refractivity contribution in [2.24, 2.45) is 10.9 Å². The number of hydrogen-bond acceptors (Lipinski definition) is 4. The van der Waals surface area contributed by atoms with Crippen LogP contribution in [0.1, 0.15) is 27.2 Å². The van der Waals surface area contributed by atoms with Gasteiger partial charge in [-0.1, -0.05) is 25.6 Å². The van der Waals surface area contributed by atoms with E-state index in [1.54, 1.807) is 0 Å². The molecule has 108 valence electrons. The van der Waals surface area contributed by atoms with Gasteiger partial charge in [0.1, 0.15) is 0 Å². The van der Waals surface area contributed by atoms with Crippen LogP contribution >= 0.6 is 11.8 Å². The van der Waals surface area contributed by atoms with Gasteiger partial charge in [-0.05, 0) is 13.3 Å². The van der Waals surface area contributed by atoms with Crippen LogP contribution in [-0.4, -0.2) is 53.7 Å². The van der Waals surface area contributed by atoms with E-state index in [1.165, 1.54) is 11.8 Å². The molecule has 2 aliphatic heterocycles. The Hall–Kier alpha value is -0.560. The Kier molecular flexibility index (Phi) is 4.25. The second kappa shape index (κ2) is 5.44. The number of carbonyl (C=O) groups excluding carboxylic acids is 1. The largest absolute Gasteiger partial charge is 0.346 e. The van der Waals surface area contributed by atoms with Crippen molar-refractivity contribution in [1.29, 1.82) is 0 Å². The number of nitrogens with zero attached hydrogens (tertiary/aromatic N) is 2. The third-order valence-corrected chi connectivity index (χ3v) is 7.00. The molecule has 0 bridgehead atoms. The summed E-state index contributed by atoms with van der Waals surface area (Å²) in [7, 11) is -2.92. The molecule has 0 aromatic heterocycles. The van der Waals surface area contributed by atoms with Gasteiger partial charge in [-0.15, -0.1) is 0 Å². The maximum absolute atomic E-state index is 11.9. The molecule has 0 aromatic rings. The van der Waals surface area contributed by atoms with E-state index in [0.717, 1.165) is 6.42 Å². The zero-order valence-corrected chi connectivity index (χ0v) is 13.1. The zero-order chi connectivity index (χ0) is 14.2. The average molecular weight is 304 g/mol. The van der Waals surface area contributed by atoms with Crippen LogP contribution < -0.4 is 0 Å². The van der Waals surface area contributed by atoms with Gasteiger partial charge in [0.05, 0.1) is 17.5 Å². The summed E-state index contributed by atoms with van der Waals surface area (Å²) in [6.45, 7) is 6.49. The minimum atomic E-state index is -2.92. The third kappa shape index (κ3) is 2.97. The van der Waals surface area contributed by atoms with Gasteiger partial charge in [0.2, 0.25) is 0 Å². The maximum atomic E-state index is 11.9. The number of aliphatic imine (C=N–C) groups is 1. The molecule has 2 heterocycles. The van der Waals surface area contributed by atoms with Crippen molar-refractivity contribution in [2.45, 2.75) is 38.5 Å². The van der Waals surface area contributed by atoms with Gasteiger partial charge >= 0.3 is 0 Å². The lowest BCUT2D eigenvalue weighted by Gasteiger charge is -2.22. The van der Waals surface area contributed by atoms with Gasteiger partial charge in [0, 0.05) is 17.7 Å². The van der Waals surface area contributed by atoms with Crippen molar-refractivity contribution < 1.29 is 13.2 Å². The monoisotopic (exact) mass is 304 g/mol. The summed E-state index contributed by atoms with van der Waals surface area (Å²) < 4.78 is 23.3. The molecule has 19 heavy (non-hydrogen) atoms. The lowest BCUT2D eigenvalue weighted by Crippen LogP contribution is -2.37. The van der Waals surface area contributed by atoms with Crippen molar-refractivity contribution in [3.8, 4) is 0 Å². The van der Waals surface area contributed by atoms with E-state index < -0.39 is 9.84 Å². The number of carbonyl (C=O) groups is 1. The summed E-state index contributed by atoms with van der Waals surface area (Å²) in [5, 5.41) is 0.742. The van der Waals surface area contributed by atoms with Gasteiger partial charge in [-0.2, -0.15) is 4.99 Å². The number of fused-ring (bicyclic) bond motifs is 1. The second-order valence-electron chi connectivity index (χ2n) is 5.13. The van der Waals surface area contributed by atoms with Crippen LogP contribution in [-0.2, 0) is 14.6 Å². The molecule has 2 fully saturated rings. The van der Waals surface area contributed by atoms with Crippen LogP contribution in [0.2, 0.25) is 0 Å². The van der Waals surface area contributed by atoms with E-state index in [-0.39, 0.29) is 34.6 Å². The molecule has 0 aliphatic carbocycles. The van der Waals surface area contributed by atoms with Crippen LogP contribution in [0.25, 0.3) is 0 Å². The molecule has 3 unspecified atom stereocenters. The highest BCUT2D eigenvalue weighted by Crippen LogP contribution is 2.37. The average Bonchev–Trinajstić information content (AvgIpc) is 2.78. The minimum absolute atomic E-state index is 0.0107. The molecule has 3 atom stereocenters. The molecule has 1 amide bonds. The fourth-order valence-corrected chi connectivity index (χ4v) is 6.41. The molecular weight excluding hydrogens is 284 g/mol. The predicted molar refractivity (Wildman–Crippen MR) is 78.1 cm³/mol. The minimum Gasteiger partial charge on any atom is -0.346 e. The summed E-state index contributed by atoms with van der Waals surface area (Å²) in [5.41, 5.74) is 0. The summed E-state index contributed by atoms with van der Waals surface area (Å²) >= 11 is 1.45. The Morgan fingerprint density at radius 2 is 2.16 bits per heavy atom. The summed E-state index contributed by atoms with van der Waals surface area (Å²) in [5.74, 6) is 0.215. The number of thioether (sulfide) groups is 1. The predicted octanol–water partition coefficient (Wildman–Crippen LogP) is 1.15. The van der Waals surface area contributed by atoms with E-state index in [0.29, 0.717) is 11.7 Å². The lowest BCUT2D eigenvalue weighted by atomic mass is 10.1. The van der Waals surface area contributed by atoms with Gasteiger partial charge in [0.15, 0.2) is 15.0 Å². The highest BCUT2D eigenvalue weighted by molar-refractivity contribution is 8.15. The van der Waals surface area contributed by atoms with Crippen LogP contribution in [0.4, 0.5) is 0 Å². The smallest absolute Gasteiger partial charge is 0.250 e. The molecule has 7 heteroatoms. The normalized spacial score (nSPS) is 32.6. The first-order valence-electron chi connectivity index (χ1n) is 6.64. The van der Waals surface area contributed by atoms with E-state index in [1.807, 2.05) is 25.7 Å². The molecule has 2 rings (SSSR count). The Balaban J connectivity index is 2.18. The van der Waals surface area contributed by atoms with Gasteiger partial charge in [-0.3, -0.25) is 4.79 Å². The first-order chi connectivity index (χ1) is 8.88. The van der Waals surface area contributed by atoms with Gasteiger partial charge < -0.3 is 4.90 Å². The Bertz CT molecular complexity index is 501. The van der Waals surface area contributed by atoms with Crippen molar-refractivity contribution in [2.75, 3.05) is 18.1 Å². The molecular formula is C12H20N2O3S2. The zero-order valence-electron chi connectivity index (χ0n) is 11.5. The molecule has 0 saturated carbocycles. The van der Waals surface area contributed by atoms with Crippen molar-refractivity contribution in [3.63, 3.8) is 0 Å². The maximum Gasteiger partial charge on any atom is 0.250 e. The Morgan fingerprint density at radius 1 is 1.47 bits per heavy atom. The van der Waals surface area contributed by atoms with Crippen LogP contribution in [0.3, 0.4) is 0 Å². The summed E-state index contributed by atoms with van der Waals surface area (Å²) in [4.78, 5) is 18.1. The van der Waals surface area contributed by atoms with Gasteiger partial charge in [-0.25, -0.2) is 8.42 Å². The first kappa shape index (κ1) is 14.8. The van der Waals surface area contributed by atoms with Crippen molar-refractivity contribution in [3.05, 3.63) is 0 Å². The lowest BCUT2D eigenvalue weighted by molar-refractivity contribution is -0.121. The Labute approximate surface area is 118 Å². The molecule has 2 saturated heterocycles. The number of amidine groups is 1. The highest BCUT2D eigenvalue weighted by Gasteiger charge is 2.48. The van der Waals surface area contributed by atoms with Crippen LogP contribution in [0, 0.1) is 5.92 Å². The number of sulfone groups is 1. The second-order valence-corrected chi connectivity index (χ2v) is 8.49. The summed E-state index contributed by atoms with van der Waals surface area (Å²) in [6.07, 6.45) is 0.771. The van der Waals surface area contributed by atoms with Crippen LogP contribution in [0.5, 0.6) is 0 Å². The molecule has 2 aliphatic rings. The molecule has 0 spiro atoms. The Morgan fingerprint density at radius 3 is 2.74 bits per heavy atom. The summed E-state index contributed by atoms with van der Waals surface area (Å²) in [6, 6.07) is -0.0107. The standard InChI is InChI=1S/C12H20N2O3S2/c1-4-8(3)11(15)13-12-14(5-2)9-6-19(16,17)7-10(9)18-12/h8-10H,4-7H2,1-3H3. The quantitative estimate of drug-likeness (QED) is 0.782. The van der Waals surface area contributed by atoms with Crippen molar-refractivity contribution >= 4 is 32.7 Å². The van der Waals surface area contributed by atoms with Gasteiger partial charge in [0.25, 0.3) is 5.91 Å². The number of amides is 1. The molecule has 0 aromatic carbocycles. The van der Waals surface area contributed by atoms with Crippen LogP contribution in [0.15, 0.2) is 4.99 Å². The number of rotatable bonds is 3. The molecule has 0 radical (unpaired) electrons. The van der Waals surface area contributed by atoms with Crippen molar-refractivity contribution in [1.82, 2.24) is 4.90 Å². The third-order valence-electron chi connectivity index (χ3n) is 3.76. The highest BCUT2D eigenvalue weighted by atomic mass is 32.2. The molecule has 0 N–H and O–H groups in total. The fraction of sp³-hybridized carbons (Fsp3) is 0.833. The molecule has 5 nitrogen and oxygen atoms in total. The first-order valence-corrected chi connectivity index (χ1v) is 9.34.